The Bertz CT molecular complexity index is 476. The van der Waals surface area contributed by atoms with E-state index < -0.39 is 0 Å². The lowest BCUT2D eigenvalue weighted by Gasteiger charge is -2.27. The Morgan fingerprint density at radius 1 is 1.45 bits per heavy atom. The zero-order valence-electron chi connectivity index (χ0n) is 12.2. The summed E-state index contributed by atoms with van der Waals surface area (Å²) in [5.74, 6) is -0.132. The van der Waals surface area contributed by atoms with Gasteiger partial charge in [-0.3, -0.25) is 4.79 Å². The minimum Gasteiger partial charge on any atom is -0.354 e. The maximum Gasteiger partial charge on any atom is 0.237 e. The van der Waals surface area contributed by atoms with E-state index in [0.29, 0.717) is 12.6 Å². The fourth-order valence-electron chi connectivity index (χ4n) is 2.73. The van der Waals surface area contributed by atoms with Crippen LogP contribution in [0.5, 0.6) is 0 Å². The quantitative estimate of drug-likeness (QED) is 0.887. The van der Waals surface area contributed by atoms with Gasteiger partial charge in [-0.15, -0.1) is 0 Å². The molecule has 20 heavy (non-hydrogen) atoms. The van der Waals surface area contributed by atoms with Crippen LogP contribution >= 0.6 is 0 Å². The van der Waals surface area contributed by atoms with Crippen LogP contribution in [-0.2, 0) is 11.2 Å². The van der Waals surface area contributed by atoms with Crippen LogP contribution in [0, 0.1) is 12.7 Å². The summed E-state index contributed by atoms with van der Waals surface area (Å²) in [4.78, 5) is 12.0. The van der Waals surface area contributed by atoms with E-state index in [1.54, 1.807) is 6.07 Å². The third-order valence-corrected chi connectivity index (χ3v) is 3.93. The first kappa shape index (κ1) is 15.0. The van der Waals surface area contributed by atoms with Crippen LogP contribution in [0.3, 0.4) is 0 Å². The Morgan fingerprint density at radius 3 is 2.95 bits per heavy atom. The number of carbonyl (C=O) groups excluding carboxylic acids is 1. The van der Waals surface area contributed by atoms with Gasteiger partial charge < -0.3 is 10.6 Å². The largest absolute Gasteiger partial charge is 0.354 e. The Hall–Kier alpha value is -1.42. The van der Waals surface area contributed by atoms with Crippen molar-refractivity contribution in [2.75, 3.05) is 6.54 Å². The normalized spacial score (nSPS) is 22.6. The Morgan fingerprint density at radius 2 is 2.25 bits per heavy atom. The zero-order chi connectivity index (χ0) is 14.5. The molecule has 1 aromatic carbocycles. The van der Waals surface area contributed by atoms with E-state index in [-0.39, 0.29) is 17.8 Å². The molecule has 1 amide bonds. The number of benzene rings is 1. The molecule has 2 unspecified atom stereocenters. The fourth-order valence-corrected chi connectivity index (χ4v) is 2.73. The smallest absolute Gasteiger partial charge is 0.237 e. The molecule has 1 heterocycles. The van der Waals surface area contributed by atoms with Crippen LogP contribution < -0.4 is 10.6 Å². The molecule has 0 aliphatic carbocycles. The second-order valence-electron chi connectivity index (χ2n) is 5.66. The van der Waals surface area contributed by atoms with E-state index in [2.05, 4.69) is 17.6 Å². The molecule has 2 rings (SSSR count). The summed E-state index contributed by atoms with van der Waals surface area (Å²) in [6.45, 7) is 4.60. The van der Waals surface area contributed by atoms with Gasteiger partial charge in [0.05, 0.1) is 6.04 Å². The number of rotatable bonds is 4. The van der Waals surface area contributed by atoms with Gasteiger partial charge in [-0.25, -0.2) is 4.39 Å². The van der Waals surface area contributed by atoms with Crippen molar-refractivity contribution in [2.45, 2.75) is 51.6 Å². The molecule has 2 atom stereocenters. The average molecular weight is 278 g/mol. The number of hydrogen-bond acceptors (Lipinski definition) is 2. The lowest BCUT2D eigenvalue weighted by Crippen LogP contribution is -2.50. The summed E-state index contributed by atoms with van der Waals surface area (Å²) in [5.41, 5.74) is 2.01. The number of piperidine rings is 1. The van der Waals surface area contributed by atoms with Gasteiger partial charge in [0.25, 0.3) is 0 Å². The van der Waals surface area contributed by atoms with Gasteiger partial charge >= 0.3 is 0 Å². The first-order valence-electron chi connectivity index (χ1n) is 7.35. The molecule has 0 spiro atoms. The Balaban J connectivity index is 1.79. The molecule has 1 aliphatic heterocycles. The number of aryl methyl sites for hydroxylation is 1. The highest BCUT2D eigenvalue weighted by atomic mass is 19.1. The lowest BCUT2D eigenvalue weighted by atomic mass is 9.99. The van der Waals surface area contributed by atoms with Crippen molar-refractivity contribution in [2.24, 2.45) is 0 Å². The predicted molar refractivity (Wildman–Crippen MR) is 78.1 cm³/mol. The maximum absolute atomic E-state index is 13.0. The molecule has 1 saturated heterocycles. The molecule has 0 saturated carbocycles. The molecule has 1 aromatic rings. The molecule has 2 N–H and O–H groups in total. The number of hydrogen-bond donors (Lipinski definition) is 2. The average Bonchev–Trinajstić information content (AvgIpc) is 2.41. The standard InChI is InChI=1S/C16H23FN2O/c1-11-10-14(17)7-6-13(11)8-9-18-16(20)15-5-3-4-12(2)19-15/h6-7,10,12,15,19H,3-5,8-9H2,1-2H3,(H,18,20). The highest BCUT2D eigenvalue weighted by Crippen LogP contribution is 2.13. The Kier molecular flexibility index (Phi) is 5.12. The van der Waals surface area contributed by atoms with Crippen molar-refractivity contribution in [1.29, 1.82) is 0 Å². The molecular formula is C16H23FN2O. The lowest BCUT2D eigenvalue weighted by molar-refractivity contribution is -0.123. The summed E-state index contributed by atoms with van der Waals surface area (Å²) in [5, 5.41) is 6.29. The SMILES string of the molecule is Cc1cc(F)ccc1CCNC(=O)C1CCCC(C)N1. The molecule has 4 heteroatoms. The van der Waals surface area contributed by atoms with Crippen LogP contribution in [0.15, 0.2) is 18.2 Å². The van der Waals surface area contributed by atoms with E-state index in [4.69, 9.17) is 0 Å². The molecule has 110 valence electrons. The highest BCUT2D eigenvalue weighted by molar-refractivity contribution is 5.81. The van der Waals surface area contributed by atoms with Gasteiger partial charge in [-0.05, 0) is 62.8 Å². The summed E-state index contributed by atoms with van der Waals surface area (Å²) >= 11 is 0. The van der Waals surface area contributed by atoms with Crippen molar-refractivity contribution in [3.8, 4) is 0 Å². The minimum absolute atomic E-state index is 0.0620. The first-order valence-corrected chi connectivity index (χ1v) is 7.35. The van der Waals surface area contributed by atoms with Gasteiger partial charge in [0, 0.05) is 12.6 Å². The van der Waals surface area contributed by atoms with Crippen LogP contribution in [0.2, 0.25) is 0 Å². The summed E-state index contributed by atoms with van der Waals surface area (Å²) in [6.07, 6.45) is 3.88. The summed E-state index contributed by atoms with van der Waals surface area (Å²) in [7, 11) is 0. The van der Waals surface area contributed by atoms with E-state index in [9.17, 15) is 9.18 Å². The molecule has 0 radical (unpaired) electrons. The van der Waals surface area contributed by atoms with Gasteiger partial charge in [0.2, 0.25) is 5.91 Å². The fraction of sp³-hybridized carbons (Fsp3) is 0.562. The Labute approximate surface area is 120 Å². The van der Waals surface area contributed by atoms with Gasteiger partial charge in [-0.1, -0.05) is 6.07 Å². The van der Waals surface area contributed by atoms with Crippen LogP contribution in [0.4, 0.5) is 4.39 Å². The minimum atomic E-state index is -0.212. The van der Waals surface area contributed by atoms with E-state index >= 15 is 0 Å². The third-order valence-electron chi connectivity index (χ3n) is 3.93. The topological polar surface area (TPSA) is 41.1 Å². The second kappa shape index (κ2) is 6.84. The summed E-state index contributed by atoms with van der Waals surface area (Å²) < 4.78 is 13.0. The van der Waals surface area contributed by atoms with Crippen molar-refractivity contribution >= 4 is 5.91 Å². The number of carbonyl (C=O) groups is 1. The van der Waals surface area contributed by atoms with E-state index in [1.165, 1.54) is 12.1 Å². The van der Waals surface area contributed by atoms with Crippen LogP contribution in [0.1, 0.15) is 37.3 Å². The number of halogens is 1. The van der Waals surface area contributed by atoms with Crippen LogP contribution in [0.25, 0.3) is 0 Å². The van der Waals surface area contributed by atoms with Crippen molar-refractivity contribution in [3.05, 3.63) is 35.1 Å². The zero-order valence-corrected chi connectivity index (χ0v) is 12.2. The van der Waals surface area contributed by atoms with E-state index in [1.807, 2.05) is 6.92 Å². The van der Waals surface area contributed by atoms with Crippen molar-refractivity contribution in [1.82, 2.24) is 10.6 Å². The van der Waals surface area contributed by atoms with Crippen molar-refractivity contribution in [3.63, 3.8) is 0 Å². The number of amides is 1. The second-order valence-corrected chi connectivity index (χ2v) is 5.66. The summed E-state index contributed by atoms with van der Waals surface area (Å²) in [6, 6.07) is 5.14. The third kappa shape index (κ3) is 4.04. The first-order chi connectivity index (χ1) is 9.56. The van der Waals surface area contributed by atoms with Gasteiger partial charge in [0.15, 0.2) is 0 Å². The molecule has 1 fully saturated rings. The number of nitrogens with one attached hydrogen (secondary N) is 2. The van der Waals surface area contributed by atoms with Gasteiger partial charge in [0.1, 0.15) is 5.82 Å². The van der Waals surface area contributed by atoms with E-state index in [0.717, 1.165) is 36.8 Å². The molecule has 3 nitrogen and oxygen atoms in total. The molecular weight excluding hydrogens is 255 g/mol. The van der Waals surface area contributed by atoms with Gasteiger partial charge in [-0.2, -0.15) is 0 Å². The van der Waals surface area contributed by atoms with Crippen LogP contribution in [-0.4, -0.2) is 24.5 Å². The maximum atomic E-state index is 13.0. The highest BCUT2D eigenvalue weighted by Gasteiger charge is 2.23. The molecule has 0 bridgehead atoms. The predicted octanol–water partition coefficient (Wildman–Crippen LogP) is 2.32. The molecule has 1 aliphatic rings. The monoisotopic (exact) mass is 278 g/mol. The molecule has 0 aromatic heterocycles. The van der Waals surface area contributed by atoms with Crippen molar-refractivity contribution < 1.29 is 9.18 Å².